The Hall–Kier alpha value is -2.08. The van der Waals surface area contributed by atoms with Crippen molar-refractivity contribution in [1.29, 1.82) is 0 Å². The lowest BCUT2D eigenvalue weighted by Gasteiger charge is -1.91. The molecular weight excluding hydrogens is 228 g/mol. The predicted octanol–water partition coefficient (Wildman–Crippen LogP) is 5.75. The summed E-state index contributed by atoms with van der Waals surface area (Å²) in [5.41, 5.74) is 5.09. The highest BCUT2D eigenvalue weighted by molar-refractivity contribution is 5.51. The summed E-state index contributed by atoms with van der Waals surface area (Å²) < 4.78 is 0. The van der Waals surface area contributed by atoms with Crippen molar-refractivity contribution in [2.24, 2.45) is 0 Å². The van der Waals surface area contributed by atoms with Crippen molar-refractivity contribution in [1.82, 2.24) is 0 Å². The first kappa shape index (κ1) is 15.0. The first-order chi connectivity index (χ1) is 9.11. The van der Waals surface area contributed by atoms with Crippen LogP contribution in [0.4, 0.5) is 0 Å². The normalized spacial score (nSPS) is 9.00. The van der Waals surface area contributed by atoms with Crippen molar-refractivity contribution >= 4 is 12.2 Å². The third-order valence-electron chi connectivity index (χ3n) is 2.57. The van der Waals surface area contributed by atoms with Crippen LogP contribution in [0.15, 0.2) is 66.7 Å². The van der Waals surface area contributed by atoms with E-state index >= 15 is 0 Å². The Bertz CT molecular complexity index is 512. The molecule has 0 aliphatic heterocycles. The standard InChI is InChI=1S/C10H12.C9H10/c1-9(2)8-10-6-4-3-5-7-10;1-3-9-6-4-8(2)5-7-9/h3-8H,1-2H3;3-7H,1H2,2H3. The number of hydrogen-bond acceptors (Lipinski definition) is 0. The lowest BCUT2D eigenvalue weighted by atomic mass is 10.2. The Morgan fingerprint density at radius 3 is 1.89 bits per heavy atom. The Kier molecular flexibility index (Phi) is 6.38. The topological polar surface area (TPSA) is 0 Å². The van der Waals surface area contributed by atoms with Gasteiger partial charge in [-0.15, -0.1) is 0 Å². The molecule has 2 aromatic carbocycles. The maximum Gasteiger partial charge on any atom is -0.0257 e. The fourth-order valence-corrected chi connectivity index (χ4v) is 1.59. The van der Waals surface area contributed by atoms with Crippen molar-refractivity contribution in [3.63, 3.8) is 0 Å². The van der Waals surface area contributed by atoms with Crippen LogP contribution in [0.1, 0.15) is 30.5 Å². The molecule has 0 spiro atoms. The zero-order chi connectivity index (χ0) is 14.1. The van der Waals surface area contributed by atoms with Gasteiger partial charge in [0.15, 0.2) is 0 Å². The fourth-order valence-electron chi connectivity index (χ4n) is 1.59. The molecule has 0 aliphatic carbocycles. The highest BCUT2D eigenvalue weighted by atomic mass is 13.9. The van der Waals surface area contributed by atoms with Gasteiger partial charge in [-0.05, 0) is 31.9 Å². The second kappa shape index (κ2) is 8.10. The number of benzene rings is 2. The zero-order valence-corrected chi connectivity index (χ0v) is 12.1. The fraction of sp³-hybridized carbons (Fsp3) is 0.158. The third kappa shape index (κ3) is 6.42. The molecule has 0 aromatic heterocycles. The summed E-state index contributed by atoms with van der Waals surface area (Å²) in [6, 6.07) is 18.6. The van der Waals surface area contributed by atoms with Crippen molar-refractivity contribution < 1.29 is 0 Å². The van der Waals surface area contributed by atoms with Crippen LogP contribution in [0.2, 0.25) is 0 Å². The zero-order valence-electron chi connectivity index (χ0n) is 12.1. The van der Waals surface area contributed by atoms with E-state index in [1.54, 1.807) is 0 Å². The smallest absolute Gasteiger partial charge is 0.0257 e. The second-order valence-corrected chi connectivity index (χ2v) is 4.75. The van der Waals surface area contributed by atoms with Crippen molar-refractivity contribution in [3.05, 3.63) is 83.4 Å². The molecule has 0 unspecified atom stereocenters. The summed E-state index contributed by atoms with van der Waals surface area (Å²) in [6.45, 7) is 9.95. The summed E-state index contributed by atoms with van der Waals surface area (Å²) in [6.07, 6.45) is 4.01. The highest BCUT2D eigenvalue weighted by Crippen LogP contribution is 2.04. The molecule has 98 valence electrons. The average Bonchev–Trinajstić information content (AvgIpc) is 2.41. The largest absolute Gasteiger partial charge is 0.0985 e. The number of allylic oxidation sites excluding steroid dienone is 1. The minimum atomic E-state index is 1.18. The summed E-state index contributed by atoms with van der Waals surface area (Å²) in [7, 11) is 0. The van der Waals surface area contributed by atoms with Gasteiger partial charge in [-0.1, -0.05) is 84.5 Å². The van der Waals surface area contributed by atoms with E-state index in [-0.39, 0.29) is 0 Å². The van der Waals surface area contributed by atoms with Crippen molar-refractivity contribution in [2.45, 2.75) is 20.8 Å². The van der Waals surface area contributed by atoms with E-state index in [0.717, 1.165) is 0 Å². The van der Waals surface area contributed by atoms with E-state index in [1.807, 2.05) is 12.1 Å². The monoisotopic (exact) mass is 250 g/mol. The summed E-state index contributed by atoms with van der Waals surface area (Å²) in [5, 5.41) is 0. The van der Waals surface area contributed by atoms with E-state index in [9.17, 15) is 0 Å². The lowest BCUT2D eigenvalue weighted by molar-refractivity contribution is 1.42. The SMILES string of the molecule is C=Cc1ccc(C)cc1.CC(C)=Cc1ccccc1. The van der Waals surface area contributed by atoms with Crippen LogP contribution in [0.5, 0.6) is 0 Å². The van der Waals surface area contributed by atoms with Gasteiger partial charge in [-0.2, -0.15) is 0 Å². The minimum Gasteiger partial charge on any atom is -0.0985 e. The summed E-state index contributed by atoms with van der Waals surface area (Å²) in [4.78, 5) is 0. The van der Waals surface area contributed by atoms with E-state index in [1.165, 1.54) is 22.3 Å². The molecular formula is C19H22. The van der Waals surface area contributed by atoms with Crippen LogP contribution in [-0.4, -0.2) is 0 Å². The maximum atomic E-state index is 3.66. The molecule has 0 radical (unpaired) electrons. The molecule has 2 rings (SSSR count). The van der Waals surface area contributed by atoms with Crippen LogP contribution in [-0.2, 0) is 0 Å². The van der Waals surface area contributed by atoms with Crippen LogP contribution in [0, 0.1) is 6.92 Å². The van der Waals surface area contributed by atoms with E-state index in [2.05, 4.69) is 82.0 Å². The molecule has 0 saturated heterocycles. The predicted molar refractivity (Wildman–Crippen MR) is 87.0 cm³/mol. The average molecular weight is 250 g/mol. The first-order valence-corrected chi connectivity index (χ1v) is 6.51. The molecule has 0 amide bonds. The first-order valence-electron chi connectivity index (χ1n) is 6.51. The molecule has 0 heteroatoms. The van der Waals surface area contributed by atoms with Gasteiger partial charge in [0.1, 0.15) is 0 Å². The third-order valence-corrected chi connectivity index (χ3v) is 2.57. The molecule has 0 fully saturated rings. The Morgan fingerprint density at radius 2 is 1.42 bits per heavy atom. The Balaban J connectivity index is 0.000000191. The molecule has 0 nitrogen and oxygen atoms in total. The Labute approximate surface area is 117 Å². The summed E-state index contributed by atoms with van der Waals surface area (Å²) >= 11 is 0. The van der Waals surface area contributed by atoms with Crippen LogP contribution in [0.3, 0.4) is 0 Å². The molecule has 2 aromatic rings. The van der Waals surface area contributed by atoms with Crippen molar-refractivity contribution in [2.75, 3.05) is 0 Å². The van der Waals surface area contributed by atoms with Gasteiger partial charge in [-0.3, -0.25) is 0 Å². The lowest BCUT2D eigenvalue weighted by Crippen LogP contribution is -1.71. The molecule has 0 bridgehead atoms. The molecule has 0 aliphatic rings. The summed E-state index contributed by atoms with van der Waals surface area (Å²) in [5.74, 6) is 0. The Morgan fingerprint density at radius 1 is 0.842 bits per heavy atom. The van der Waals surface area contributed by atoms with Gasteiger partial charge < -0.3 is 0 Å². The number of rotatable bonds is 2. The van der Waals surface area contributed by atoms with E-state index in [4.69, 9.17) is 0 Å². The minimum absolute atomic E-state index is 1.18. The quantitative estimate of drug-likeness (QED) is 0.636. The van der Waals surface area contributed by atoms with Crippen LogP contribution < -0.4 is 0 Å². The van der Waals surface area contributed by atoms with Gasteiger partial charge >= 0.3 is 0 Å². The van der Waals surface area contributed by atoms with Gasteiger partial charge in [-0.25, -0.2) is 0 Å². The van der Waals surface area contributed by atoms with Crippen LogP contribution >= 0.6 is 0 Å². The second-order valence-electron chi connectivity index (χ2n) is 4.75. The molecule has 0 N–H and O–H groups in total. The van der Waals surface area contributed by atoms with Gasteiger partial charge in [0.2, 0.25) is 0 Å². The number of aryl methyl sites for hydroxylation is 1. The van der Waals surface area contributed by atoms with E-state index < -0.39 is 0 Å². The number of hydrogen-bond donors (Lipinski definition) is 0. The maximum absolute atomic E-state index is 3.66. The van der Waals surface area contributed by atoms with Crippen LogP contribution in [0.25, 0.3) is 12.2 Å². The molecule has 0 atom stereocenters. The van der Waals surface area contributed by atoms with Crippen molar-refractivity contribution in [3.8, 4) is 0 Å². The van der Waals surface area contributed by atoms with Gasteiger partial charge in [0, 0.05) is 0 Å². The highest BCUT2D eigenvalue weighted by Gasteiger charge is 1.83. The molecule has 0 heterocycles. The van der Waals surface area contributed by atoms with Gasteiger partial charge in [0.25, 0.3) is 0 Å². The molecule has 0 saturated carbocycles. The molecule has 19 heavy (non-hydrogen) atoms. The van der Waals surface area contributed by atoms with Gasteiger partial charge in [0.05, 0.1) is 0 Å². The van der Waals surface area contributed by atoms with E-state index in [0.29, 0.717) is 0 Å².